The summed E-state index contributed by atoms with van der Waals surface area (Å²) in [5.41, 5.74) is 3.34. The van der Waals surface area contributed by atoms with E-state index in [1.807, 2.05) is 60.7 Å². The average Bonchev–Trinajstić information content (AvgIpc) is 2.77. The first-order chi connectivity index (χ1) is 13.8. The van der Waals surface area contributed by atoms with E-state index in [0.29, 0.717) is 12.1 Å². The van der Waals surface area contributed by atoms with Crippen LogP contribution in [0.1, 0.15) is 16.8 Å². The fourth-order valence-corrected chi connectivity index (χ4v) is 3.54. The van der Waals surface area contributed by atoms with Crippen molar-refractivity contribution in [2.75, 3.05) is 39.4 Å². The Labute approximate surface area is 165 Å². The highest BCUT2D eigenvalue weighted by Gasteiger charge is 2.14. The van der Waals surface area contributed by atoms with Crippen LogP contribution in [0.15, 0.2) is 60.7 Å². The zero-order valence-corrected chi connectivity index (χ0v) is 15.9. The van der Waals surface area contributed by atoms with E-state index in [4.69, 9.17) is 9.72 Å². The molecule has 1 N–H and O–H groups in total. The Morgan fingerprint density at radius 1 is 1.04 bits per heavy atom. The molecule has 0 atom stereocenters. The Kier molecular flexibility index (Phi) is 5.95. The van der Waals surface area contributed by atoms with Crippen molar-refractivity contribution in [3.63, 3.8) is 0 Å². The summed E-state index contributed by atoms with van der Waals surface area (Å²) in [7, 11) is 0. The van der Waals surface area contributed by atoms with Gasteiger partial charge in [-0.15, -0.1) is 0 Å². The number of morpholine rings is 1. The molecule has 0 spiro atoms. The van der Waals surface area contributed by atoms with Gasteiger partial charge in [0.05, 0.1) is 30.0 Å². The maximum absolute atomic E-state index is 12.9. The third-order valence-electron chi connectivity index (χ3n) is 5.07. The number of pyridine rings is 1. The predicted molar refractivity (Wildman–Crippen MR) is 111 cm³/mol. The molecule has 1 amide bonds. The molecule has 2 heterocycles. The van der Waals surface area contributed by atoms with Crippen molar-refractivity contribution in [3.8, 4) is 11.3 Å². The molecular weight excluding hydrogens is 350 g/mol. The zero-order chi connectivity index (χ0) is 19.2. The van der Waals surface area contributed by atoms with Crippen molar-refractivity contribution in [2.45, 2.75) is 6.42 Å². The molecule has 2 aromatic carbocycles. The first kappa shape index (κ1) is 18.6. The van der Waals surface area contributed by atoms with Crippen molar-refractivity contribution in [2.24, 2.45) is 0 Å². The van der Waals surface area contributed by atoms with Gasteiger partial charge >= 0.3 is 0 Å². The maximum atomic E-state index is 12.9. The summed E-state index contributed by atoms with van der Waals surface area (Å²) in [6, 6.07) is 19.7. The minimum atomic E-state index is -0.0437. The second-order valence-corrected chi connectivity index (χ2v) is 7.00. The summed E-state index contributed by atoms with van der Waals surface area (Å²) < 4.78 is 5.37. The minimum absolute atomic E-state index is 0.0437. The number of hydrogen-bond donors (Lipinski definition) is 1. The Hall–Kier alpha value is -2.76. The number of nitrogens with one attached hydrogen (secondary N) is 1. The van der Waals surface area contributed by atoms with Crippen LogP contribution in [-0.4, -0.2) is 55.2 Å². The van der Waals surface area contributed by atoms with Gasteiger partial charge < -0.3 is 10.1 Å². The Balaban J connectivity index is 1.49. The summed E-state index contributed by atoms with van der Waals surface area (Å²) >= 11 is 0. The molecular formula is C23H25N3O2. The molecule has 144 valence electrons. The van der Waals surface area contributed by atoms with Crippen LogP contribution in [0.4, 0.5) is 0 Å². The van der Waals surface area contributed by atoms with Gasteiger partial charge in [0.2, 0.25) is 0 Å². The second kappa shape index (κ2) is 8.95. The average molecular weight is 375 g/mol. The normalized spacial score (nSPS) is 14.9. The van der Waals surface area contributed by atoms with Crippen LogP contribution in [-0.2, 0) is 4.74 Å². The third kappa shape index (κ3) is 4.38. The van der Waals surface area contributed by atoms with E-state index in [2.05, 4.69) is 10.2 Å². The standard InChI is InChI=1S/C23H25N3O2/c27-23(24-11-6-12-26-13-15-28-16-14-26)20-17-22(18-7-2-1-3-8-18)25-21-10-5-4-9-19(20)21/h1-5,7-10,17H,6,11-16H2,(H,24,27). The number of nitrogens with zero attached hydrogens (tertiary/aromatic N) is 2. The van der Waals surface area contributed by atoms with E-state index in [0.717, 1.165) is 61.4 Å². The monoisotopic (exact) mass is 375 g/mol. The van der Waals surface area contributed by atoms with Crippen molar-refractivity contribution < 1.29 is 9.53 Å². The van der Waals surface area contributed by atoms with E-state index >= 15 is 0 Å². The van der Waals surface area contributed by atoms with Gasteiger partial charge in [-0.05, 0) is 25.1 Å². The van der Waals surface area contributed by atoms with Gasteiger partial charge in [0.25, 0.3) is 5.91 Å². The molecule has 1 aliphatic rings. The topological polar surface area (TPSA) is 54.5 Å². The molecule has 3 aromatic rings. The molecule has 1 aromatic heterocycles. The van der Waals surface area contributed by atoms with Crippen LogP contribution < -0.4 is 5.32 Å². The third-order valence-corrected chi connectivity index (χ3v) is 5.07. The number of rotatable bonds is 6. The van der Waals surface area contributed by atoms with Crippen LogP contribution in [0.25, 0.3) is 22.2 Å². The number of fused-ring (bicyclic) bond motifs is 1. The van der Waals surface area contributed by atoms with Crippen LogP contribution in [0.2, 0.25) is 0 Å². The van der Waals surface area contributed by atoms with Gasteiger partial charge in [0.15, 0.2) is 0 Å². The van der Waals surface area contributed by atoms with Crippen LogP contribution in [0, 0.1) is 0 Å². The number of aromatic nitrogens is 1. The fraction of sp³-hybridized carbons (Fsp3) is 0.304. The molecule has 5 heteroatoms. The highest BCUT2D eigenvalue weighted by atomic mass is 16.5. The second-order valence-electron chi connectivity index (χ2n) is 7.00. The number of ether oxygens (including phenoxy) is 1. The predicted octanol–water partition coefficient (Wildman–Crippen LogP) is 3.35. The highest BCUT2D eigenvalue weighted by molar-refractivity contribution is 6.07. The SMILES string of the molecule is O=C(NCCCN1CCOCC1)c1cc(-c2ccccc2)nc2ccccc12. The first-order valence-electron chi connectivity index (χ1n) is 9.85. The molecule has 0 unspecified atom stereocenters. The van der Waals surface area contributed by atoms with Crippen molar-refractivity contribution >= 4 is 16.8 Å². The van der Waals surface area contributed by atoms with Gasteiger partial charge in [0, 0.05) is 30.6 Å². The lowest BCUT2D eigenvalue weighted by Crippen LogP contribution is -2.38. The van der Waals surface area contributed by atoms with E-state index in [9.17, 15) is 4.79 Å². The van der Waals surface area contributed by atoms with Crippen LogP contribution in [0.5, 0.6) is 0 Å². The smallest absolute Gasteiger partial charge is 0.252 e. The summed E-state index contributed by atoms with van der Waals surface area (Å²) in [6.45, 7) is 5.20. The molecule has 0 radical (unpaired) electrons. The number of carbonyl (C=O) groups excluding carboxylic acids is 1. The molecule has 0 aliphatic carbocycles. The Morgan fingerprint density at radius 3 is 2.61 bits per heavy atom. The first-order valence-corrected chi connectivity index (χ1v) is 9.85. The zero-order valence-electron chi connectivity index (χ0n) is 15.9. The lowest BCUT2D eigenvalue weighted by Gasteiger charge is -2.26. The summed E-state index contributed by atoms with van der Waals surface area (Å²) in [5, 5.41) is 3.97. The molecule has 1 saturated heterocycles. The van der Waals surface area contributed by atoms with Crippen molar-refractivity contribution in [3.05, 3.63) is 66.2 Å². The molecule has 0 bridgehead atoms. The molecule has 1 aliphatic heterocycles. The van der Waals surface area contributed by atoms with E-state index < -0.39 is 0 Å². The number of hydrogen-bond acceptors (Lipinski definition) is 4. The van der Waals surface area contributed by atoms with Gasteiger partial charge in [-0.3, -0.25) is 9.69 Å². The Morgan fingerprint density at radius 2 is 1.79 bits per heavy atom. The number of carbonyl (C=O) groups is 1. The molecule has 5 nitrogen and oxygen atoms in total. The van der Waals surface area contributed by atoms with E-state index in [1.165, 1.54) is 0 Å². The maximum Gasteiger partial charge on any atom is 0.252 e. The highest BCUT2D eigenvalue weighted by Crippen LogP contribution is 2.24. The molecule has 0 saturated carbocycles. The lowest BCUT2D eigenvalue weighted by atomic mass is 10.0. The number of benzene rings is 2. The number of amides is 1. The fourth-order valence-electron chi connectivity index (χ4n) is 3.54. The van der Waals surface area contributed by atoms with Gasteiger partial charge in [-0.2, -0.15) is 0 Å². The van der Waals surface area contributed by atoms with Crippen LogP contribution >= 0.6 is 0 Å². The van der Waals surface area contributed by atoms with E-state index in [-0.39, 0.29) is 5.91 Å². The van der Waals surface area contributed by atoms with Crippen molar-refractivity contribution in [1.82, 2.24) is 15.2 Å². The van der Waals surface area contributed by atoms with Gasteiger partial charge in [0.1, 0.15) is 0 Å². The minimum Gasteiger partial charge on any atom is -0.379 e. The largest absolute Gasteiger partial charge is 0.379 e. The van der Waals surface area contributed by atoms with E-state index in [1.54, 1.807) is 0 Å². The van der Waals surface area contributed by atoms with Crippen LogP contribution in [0.3, 0.4) is 0 Å². The molecule has 28 heavy (non-hydrogen) atoms. The summed E-state index contributed by atoms with van der Waals surface area (Å²) in [5.74, 6) is -0.0437. The quantitative estimate of drug-likeness (QED) is 0.672. The summed E-state index contributed by atoms with van der Waals surface area (Å²) in [6.07, 6.45) is 0.931. The van der Waals surface area contributed by atoms with Crippen molar-refractivity contribution in [1.29, 1.82) is 0 Å². The lowest BCUT2D eigenvalue weighted by molar-refractivity contribution is 0.0374. The molecule has 4 rings (SSSR count). The molecule has 1 fully saturated rings. The summed E-state index contributed by atoms with van der Waals surface area (Å²) in [4.78, 5) is 20.0. The van der Waals surface area contributed by atoms with Gasteiger partial charge in [-0.1, -0.05) is 48.5 Å². The van der Waals surface area contributed by atoms with Gasteiger partial charge in [-0.25, -0.2) is 4.98 Å². The Bertz CT molecular complexity index is 937. The number of para-hydroxylation sites is 1.